The normalized spacial score (nSPS) is 22.9. The lowest BCUT2D eigenvalue weighted by molar-refractivity contribution is -0.136. The van der Waals surface area contributed by atoms with Gasteiger partial charge < -0.3 is 29.3 Å². The average Bonchev–Trinajstić information content (AvgIpc) is 3.56. The standard InChI is InChI=1S/C45H48FN5O6/c1-56-41-23-30(4-11-38(41)46)37-27-57-40-24-34(52)8-10-36(40)43(37)29-2-5-32(6-3-29)49-16-14-28(15-17-49)25-48-18-20-50(21-19-48)33-7-9-35-31(22-33)26-51(45(35)55)39-12-13-42(53)47-44(39)54/h2-11,22-24,28,37,39,43,52H,12-21,25-27H2,1H3,(H,47,53,54). The van der Waals surface area contributed by atoms with E-state index in [0.717, 1.165) is 86.6 Å². The molecule has 57 heavy (non-hydrogen) atoms. The fraction of sp³-hybridized carbons (Fsp3) is 0.400. The van der Waals surface area contributed by atoms with Crippen LogP contribution in [0.3, 0.4) is 0 Å². The predicted octanol–water partition coefficient (Wildman–Crippen LogP) is 5.65. The Labute approximate surface area is 331 Å². The summed E-state index contributed by atoms with van der Waals surface area (Å²) in [6.45, 7) is 7.70. The summed E-state index contributed by atoms with van der Waals surface area (Å²) in [5.41, 5.74) is 6.97. The van der Waals surface area contributed by atoms with Crippen molar-refractivity contribution in [1.82, 2.24) is 15.1 Å². The van der Waals surface area contributed by atoms with Gasteiger partial charge in [-0.25, -0.2) is 4.39 Å². The molecule has 12 heteroatoms. The summed E-state index contributed by atoms with van der Waals surface area (Å²) >= 11 is 0. The number of ether oxygens (including phenoxy) is 2. The van der Waals surface area contributed by atoms with Crippen molar-refractivity contribution in [3.05, 3.63) is 112 Å². The number of carbonyl (C=O) groups excluding carboxylic acids is 3. The molecule has 0 spiro atoms. The van der Waals surface area contributed by atoms with Crippen LogP contribution < -0.4 is 24.6 Å². The molecule has 3 fully saturated rings. The van der Waals surface area contributed by atoms with Crippen LogP contribution in [0.4, 0.5) is 15.8 Å². The highest BCUT2D eigenvalue weighted by molar-refractivity contribution is 6.05. The van der Waals surface area contributed by atoms with E-state index in [4.69, 9.17) is 9.47 Å². The smallest absolute Gasteiger partial charge is 0.255 e. The maximum atomic E-state index is 14.4. The number of carbonyl (C=O) groups is 3. The topological polar surface area (TPSA) is 115 Å². The molecule has 3 atom stereocenters. The number of aromatic hydroxyl groups is 1. The Balaban J connectivity index is 0.792. The van der Waals surface area contributed by atoms with E-state index in [-0.39, 0.29) is 47.5 Å². The van der Waals surface area contributed by atoms with Gasteiger partial charge in [0, 0.05) is 99.2 Å². The molecule has 4 aromatic rings. The zero-order valence-electron chi connectivity index (χ0n) is 32.2. The fourth-order valence-electron chi connectivity index (χ4n) is 9.58. The van der Waals surface area contributed by atoms with E-state index in [1.54, 1.807) is 23.1 Å². The molecule has 296 valence electrons. The predicted molar refractivity (Wildman–Crippen MR) is 214 cm³/mol. The van der Waals surface area contributed by atoms with Crippen molar-refractivity contribution in [2.75, 3.05) is 69.3 Å². The van der Waals surface area contributed by atoms with Crippen LogP contribution in [0.2, 0.25) is 0 Å². The zero-order chi connectivity index (χ0) is 39.2. The van der Waals surface area contributed by atoms with Crippen molar-refractivity contribution >= 4 is 29.1 Å². The molecule has 5 heterocycles. The third-order valence-corrected chi connectivity index (χ3v) is 12.7. The van der Waals surface area contributed by atoms with Gasteiger partial charge in [-0.15, -0.1) is 0 Å². The molecule has 0 saturated carbocycles. The first-order valence-electron chi connectivity index (χ1n) is 20.1. The maximum Gasteiger partial charge on any atom is 0.255 e. The van der Waals surface area contributed by atoms with Crippen LogP contribution in [0.5, 0.6) is 17.2 Å². The minimum absolute atomic E-state index is 0.0491. The Kier molecular flexibility index (Phi) is 9.98. The molecule has 4 aromatic carbocycles. The molecule has 0 aromatic heterocycles. The van der Waals surface area contributed by atoms with Gasteiger partial charge in [0.15, 0.2) is 11.6 Å². The second kappa shape index (κ2) is 15.4. The number of nitrogens with zero attached hydrogens (tertiary/aromatic N) is 4. The lowest BCUT2D eigenvalue weighted by Gasteiger charge is -2.40. The summed E-state index contributed by atoms with van der Waals surface area (Å²) in [6.07, 6.45) is 2.88. The Bertz CT molecular complexity index is 2180. The molecule has 5 aliphatic heterocycles. The monoisotopic (exact) mass is 773 g/mol. The Morgan fingerprint density at radius 1 is 0.825 bits per heavy atom. The summed E-state index contributed by atoms with van der Waals surface area (Å²) in [6, 6.07) is 24.6. The lowest BCUT2D eigenvalue weighted by atomic mass is 9.75. The van der Waals surface area contributed by atoms with Crippen molar-refractivity contribution < 1.29 is 33.4 Å². The van der Waals surface area contributed by atoms with E-state index < -0.39 is 11.9 Å². The van der Waals surface area contributed by atoms with Gasteiger partial charge >= 0.3 is 0 Å². The molecule has 0 aliphatic carbocycles. The van der Waals surface area contributed by atoms with Gasteiger partial charge in [0.05, 0.1) is 13.7 Å². The number of hydrogen-bond acceptors (Lipinski definition) is 9. The number of hydrogen-bond donors (Lipinski definition) is 2. The second-order valence-corrected chi connectivity index (χ2v) is 16.1. The number of nitrogens with one attached hydrogen (secondary N) is 1. The molecule has 3 unspecified atom stereocenters. The van der Waals surface area contributed by atoms with Gasteiger partial charge in [-0.3, -0.25) is 24.6 Å². The SMILES string of the molecule is COc1cc(C2COc3cc(O)ccc3C2c2ccc(N3CCC(CN4CCN(c5ccc6c(c5)CN(C5CCC(=O)NC5=O)C6=O)CC4)CC3)cc2)ccc1F. The molecule has 11 nitrogen and oxygen atoms in total. The first-order chi connectivity index (χ1) is 27.7. The van der Waals surface area contributed by atoms with Crippen molar-refractivity contribution in [3.8, 4) is 17.2 Å². The Hall–Kier alpha value is -5.62. The highest BCUT2D eigenvalue weighted by Gasteiger charge is 2.40. The van der Waals surface area contributed by atoms with Crippen LogP contribution >= 0.6 is 0 Å². The van der Waals surface area contributed by atoms with Gasteiger partial charge in [0.1, 0.15) is 17.5 Å². The average molecular weight is 774 g/mol. The van der Waals surface area contributed by atoms with E-state index in [9.17, 15) is 23.9 Å². The van der Waals surface area contributed by atoms with Crippen molar-refractivity contribution in [2.45, 2.75) is 50.1 Å². The highest BCUT2D eigenvalue weighted by atomic mass is 19.1. The van der Waals surface area contributed by atoms with E-state index in [0.29, 0.717) is 36.8 Å². The van der Waals surface area contributed by atoms with Gasteiger partial charge in [-0.05, 0) is 90.4 Å². The number of halogens is 1. The third-order valence-electron chi connectivity index (χ3n) is 12.7. The minimum Gasteiger partial charge on any atom is -0.508 e. The molecule has 0 bridgehead atoms. The van der Waals surface area contributed by atoms with Crippen LogP contribution in [0.1, 0.15) is 70.1 Å². The van der Waals surface area contributed by atoms with Crippen molar-refractivity contribution in [1.29, 1.82) is 0 Å². The molecule has 2 N–H and O–H groups in total. The number of rotatable bonds is 8. The lowest BCUT2D eigenvalue weighted by Crippen LogP contribution is -2.52. The quantitative estimate of drug-likeness (QED) is 0.220. The third kappa shape index (κ3) is 7.27. The van der Waals surface area contributed by atoms with E-state index in [1.165, 1.54) is 18.9 Å². The van der Waals surface area contributed by atoms with Crippen LogP contribution in [-0.4, -0.2) is 98.2 Å². The van der Waals surface area contributed by atoms with Crippen LogP contribution in [0.25, 0.3) is 0 Å². The van der Waals surface area contributed by atoms with Crippen molar-refractivity contribution in [2.24, 2.45) is 5.92 Å². The molecule has 0 radical (unpaired) electrons. The van der Waals surface area contributed by atoms with E-state index >= 15 is 0 Å². The minimum atomic E-state index is -0.602. The Morgan fingerprint density at radius 3 is 2.32 bits per heavy atom. The summed E-state index contributed by atoms with van der Waals surface area (Å²) < 4.78 is 25.8. The number of piperazine rings is 1. The molecule has 3 amide bonds. The number of phenolic OH excluding ortho intramolecular Hbond substituents is 1. The first kappa shape index (κ1) is 37.0. The van der Waals surface area contributed by atoms with Crippen LogP contribution in [0.15, 0.2) is 78.9 Å². The van der Waals surface area contributed by atoms with Crippen molar-refractivity contribution in [3.63, 3.8) is 0 Å². The number of amides is 3. The van der Waals surface area contributed by atoms with Gasteiger partial charge in [-0.2, -0.15) is 0 Å². The molecular formula is C45H48FN5O6. The fourth-order valence-corrected chi connectivity index (χ4v) is 9.58. The molecule has 3 saturated heterocycles. The van der Waals surface area contributed by atoms with Gasteiger partial charge in [0.2, 0.25) is 11.8 Å². The second-order valence-electron chi connectivity index (χ2n) is 16.1. The summed E-state index contributed by atoms with van der Waals surface area (Å²) in [4.78, 5) is 46.3. The van der Waals surface area contributed by atoms with Crippen LogP contribution in [-0.2, 0) is 16.1 Å². The first-order valence-corrected chi connectivity index (χ1v) is 20.1. The van der Waals surface area contributed by atoms with Gasteiger partial charge in [0.25, 0.3) is 5.91 Å². The summed E-state index contributed by atoms with van der Waals surface area (Å²) in [7, 11) is 1.48. The molecule has 9 rings (SSSR count). The number of methoxy groups -OCH3 is 1. The number of imide groups is 1. The van der Waals surface area contributed by atoms with E-state index in [1.807, 2.05) is 24.3 Å². The maximum absolute atomic E-state index is 14.4. The highest BCUT2D eigenvalue weighted by Crippen LogP contribution is 2.48. The number of anilines is 2. The largest absolute Gasteiger partial charge is 0.508 e. The number of fused-ring (bicyclic) bond motifs is 2. The Morgan fingerprint density at radius 2 is 1.56 bits per heavy atom. The summed E-state index contributed by atoms with van der Waals surface area (Å²) in [5, 5.41) is 12.6. The van der Waals surface area contributed by atoms with Crippen LogP contribution in [0, 0.1) is 11.7 Å². The van der Waals surface area contributed by atoms with E-state index in [2.05, 4.69) is 50.3 Å². The molecular weight excluding hydrogens is 726 g/mol. The number of benzene rings is 4. The molecule has 5 aliphatic rings. The number of piperidine rings is 2. The number of phenols is 1. The summed E-state index contributed by atoms with van der Waals surface area (Å²) in [5.74, 6) is 0.354. The zero-order valence-corrected chi connectivity index (χ0v) is 32.2. The van der Waals surface area contributed by atoms with Gasteiger partial charge in [-0.1, -0.05) is 24.3 Å².